The Morgan fingerprint density at radius 1 is 1.00 bits per heavy atom. The van der Waals surface area contributed by atoms with Gasteiger partial charge in [0, 0.05) is 69.1 Å². The summed E-state index contributed by atoms with van der Waals surface area (Å²) in [5.74, 6) is 0.922. The first-order chi connectivity index (χ1) is 17.5. The quantitative estimate of drug-likeness (QED) is 0.647. The molecule has 10 heteroatoms. The molecule has 3 aliphatic heterocycles. The maximum absolute atomic E-state index is 12.9. The maximum atomic E-state index is 12.9. The summed E-state index contributed by atoms with van der Waals surface area (Å²) in [6, 6.07) is 9.57. The van der Waals surface area contributed by atoms with Crippen LogP contribution in [0.25, 0.3) is 11.3 Å². The second kappa shape index (κ2) is 10.8. The van der Waals surface area contributed by atoms with E-state index in [2.05, 4.69) is 9.88 Å². The van der Waals surface area contributed by atoms with E-state index in [1.54, 1.807) is 6.20 Å². The molecule has 36 heavy (non-hydrogen) atoms. The van der Waals surface area contributed by atoms with Crippen molar-refractivity contribution in [2.45, 2.75) is 25.7 Å². The van der Waals surface area contributed by atoms with Gasteiger partial charge in [0.25, 0.3) is 5.91 Å². The van der Waals surface area contributed by atoms with Crippen molar-refractivity contribution in [3.8, 4) is 17.0 Å². The van der Waals surface area contributed by atoms with Crippen LogP contribution in [0, 0.1) is 5.92 Å². The fraction of sp³-hybridized carbons (Fsp3) is 0.500. The van der Waals surface area contributed by atoms with Crippen LogP contribution in [-0.2, 0) is 11.3 Å². The van der Waals surface area contributed by atoms with E-state index in [4.69, 9.17) is 19.7 Å². The van der Waals surface area contributed by atoms with Crippen LogP contribution in [0.2, 0.25) is 0 Å². The van der Waals surface area contributed by atoms with Crippen LogP contribution in [-0.4, -0.2) is 101 Å². The summed E-state index contributed by atoms with van der Waals surface area (Å²) >= 11 is 0. The van der Waals surface area contributed by atoms with Gasteiger partial charge in [-0.15, -0.1) is 0 Å². The van der Waals surface area contributed by atoms with E-state index in [1.807, 2.05) is 35.2 Å². The van der Waals surface area contributed by atoms with Gasteiger partial charge in [-0.05, 0) is 43.2 Å². The number of β-amino-alcohol motifs (C(OH)–C–C–N with tert-alkyl or cyclic N) is 1. The van der Waals surface area contributed by atoms with Crippen LogP contribution in [0.1, 0.15) is 28.8 Å². The molecule has 1 unspecified atom stereocenters. The van der Waals surface area contributed by atoms with Crippen LogP contribution in [0.15, 0.2) is 36.5 Å². The van der Waals surface area contributed by atoms with E-state index in [-0.39, 0.29) is 24.7 Å². The van der Waals surface area contributed by atoms with Gasteiger partial charge in [0.1, 0.15) is 5.75 Å². The van der Waals surface area contributed by atoms with Crippen molar-refractivity contribution in [1.29, 1.82) is 0 Å². The van der Waals surface area contributed by atoms with Gasteiger partial charge >= 0.3 is 6.09 Å². The normalized spacial score (nSPS) is 21.1. The van der Waals surface area contributed by atoms with E-state index in [9.17, 15) is 9.59 Å². The lowest BCUT2D eigenvalue weighted by molar-refractivity contribution is -0.148. The average molecular weight is 497 g/mol. The number of aliphatic hydroxyl groups excluding tert-OH is 1. The van der Waals surface area contributed by atoms with Gasteiger partial charge in [0.15, 0.2) is 0 Å². The number of rotatable bonds is 5. The van der Waals surface area contributed by atoms with Gasteiger partial charge in [-0.3, -0.25) is 14.7 Å². The van der Waals surface area contributed by atoms with Crippen LogP contribution < -0.4 is 4.74 Å². The summed E-state index contributed by atoms with van der Waals surface area (Å²) in [5.41, 5.74) is 3.20. The molecule has 4 heterocycles. The van der Waals surface area contributed by atoms with Crippen molar-refractivity contribution in [3.05, 3.63) is 47.7 Å². The molecule has 0 aliphatic carbocycles. The molecular formula is C26H32N4O6. The highest BCUT2D eigenvalue weighted by molar-refractivity contribution is 5.94. The summed E-state index contributed by atoms with van der Waals surface area (Å²) in [6.45, 7) is 5.01. The van der Waals surface area contributed by atoms with Gasteiger partial charge in [-0.25, -0.2) is 4.79 Å². The number of hydrogen-bond donors (Lipinski definition) is 2. The summed E-state index contributed by atoms with van der Waals surface area (Å²) in [5, 5.41) is 18.2. The first-order valence-electron chi connectivity index (χ1n) is 12.5. The van der Waals surface area contributed by atoms with Crippen molar-refractivity contribution in [3.63, 3.8) is 0 Å². The maximum Gasteiger partial charge on any atom is 0.407 e. The standard InChI is InChI=1S/C26H32N4O6/c31-14-13-28-9-11-29(12-10-28)24(32)20-1-3-22(27-16-20)19-2-4-23-21(15-19)17-35-25(36-23)18-5-7-30(8-6-18)26(33)34/h1-4,15-16,18,25,31H,5-14,17H2,(H,33,34). The summed E-state index contributed by atoms with van der Waals surface area (Å²) in [4.78, 5) is 34.0. The fourth-order valence-electron chi connectivity index (χ4n) is 5.08. The van der Waals surface area contributed by atoms with Gasteiger partial charge in [-0.2, -0.15) is 0 Å². The molecule has 2 saturated heterocycles. The minimum Gasteiger partial charge on any atom is -0.465 e. The number of piperidine rings is 1. The number of amides is 2. The third-order valence-corrected chi connectivity index (χ3v) is 7.28. The van der Waals surface area contributed by atoms with E-state index in [0.717, 1.165) is 48.5 Å². The van der Waals surface area contributed by atoms with E-state index < -0.39 is 6.09 Å². The molecule has 2 N–H and O–H groups in total. The predicted molar refractivity (Wildman–Crippen MR) is 131 cm³/mol. The molecule has 2 amide bonds. The molecule has 0 radical (unpaired) electrons. The highest BCUT2D eigenvalue weighted by atomic mass is 16.7. The lowest BCUT2D eigenvalue weighted by Gasteiger charge is -2.36. The Bertz CT molecular complexity index is 1080. The molecule has 0 spiro atoms. The molecule has 0 saturated carbocycles. The number of carbonyl (C=O) groups excluding carboxylic acids is 1. The zero-order valence-electron chi connectivity index (χ0n) is 20.2. The van der Waals surface area contributed by atoms with Crippen molar-refractivity contribution in [2.75, 3.05) is 52.4 Å². The molecule has 0 bridgehead atoms. The van der Waals surface area contributed by atoms with E-state index in [1.165, 1.54) is 4.90 Å². The Kier molecular flexibility index (Phi) is 7.35. The number of fused-ring (bicyclic) bond motifs is 1. The molecule has 3 aliphatic rings. The largest absolute Gasteiger partial charge is 0.465 e. The summed E-state index contributed by atoms with van der Waals surface area (Å²) < 4.78 is 12.1. The zero-order chi connectivity index (χ0) is 25.1. The minimum atomic E-state index is -0.875. The highest BCUT2D eigenvalue weighted by Crippen LogP contribution is 2.34. The zero-order valence-corrected chi connectivity index (χ0v) is 20.2. The number of carboxylic acid groups (broad SMARTS) is 1. The number of hydrogen-bond acceptors (Lipinski definition) is 7. The average Bonchev–Trinajstić information content (AvgIpc) is 2.93. The van der Waals surface area contributed by atoms with Crippen LogP contribution >= 0.6 is 0 Å². The monoisotopic (exact) mass is 496 g/mol. The molecular weight excluding hydrogens is 464 g/mol. The van der Waals surface area contributed by atoms with Crippen LogP contribution in [0.3, 0.4) is 0 Å². The first kappa shape index (κ1) is 24.5. The van der Waals surface area contributed by atoms with Crippen LogP contribution in [0.5, 0.6) is 5.75 Å². The lowest BCUT2D eigenvalue weighted by Crippen LogP contribution is -2.49. The van der Waals surface area contributed by atoms with Crippen molar-refractivity contribution < 1.29 is 29.3 Å². The van der Waals surface area contributed by atoms with Gasteiger partial charge in [-0.1, -0.05) is 0 Å². The first-order valence-corrected chi connectivity index (χ1v) is 12.5. The van der Waals surface area contributed by atoms with Gasteiger partial charge < -0.3 is 29.5 Å². The van der Waals surface area contributed by atoms with E-state index in [0.29, 0.717) is 44.9 Å². The number of benzene rings is 1. The molecule has 2 fully saturated rings. The Morgan fingerprint density at radius 3 is 2.44 bits per heavy atom. The number of pyridine rings is 1. The number of aliphatic hydroxyl groups is 1. The van der Waals surface area contributed by atoms with Crippen molar-refractivity contribution in [1.82, 2.24) is 19.7 Å². The molecule has 5 rings (SSSR count). The number of aromatic nitrogens is 1. The number of likely N-dealkylation sites (tertiary alicyclic amines) is 1. The number of carbonyl (C=O) groups is 2. The molecule has 1 atom stereocenters. The lowest BCUT2D eigenvalue weighted by atomic mass is 9.95. The van der Waals surface area contributed by atoms with Crippen molar-refractivity contribution in [2.24, 2.45) is 5.92 Å². The smallest absolute Gasteiger partial charge is 0.407 e. The number of nitrogens with zero attached hydrogens (tertiary/aromatic N) is 4. The van der Waals surface area contributed by atoms with E-state index >= 15 is 0 Å². The second-order valence-electron chi connectivity index (χ2n) is 9.52. The summed E-state index contributed by atoms with van der Waals surface area (Å²) in [7, 11) is 0. The molecule has 10 nitrogen and oxygen atoms in total. The SMILES string of the molecule is O=C(O)N1CCC(C2OCc3cc(-c4ccc(C(=O)N5CCN(CCO)CC5)cn4)ccc3O2)CC1. The number of ether oxygens (including phenoxy) is 2. The Morgan fingerprint density at radius 2 is 1.78 bits per heavy atom. The van der Waals surface area contributed by atoms with Gasteiger partial charge in [0.05, 0.1) is 24.5 Å². The van der Waals surface area contributed by atoms with Crippen LogP contribution in [0.4, 0.5) is 4.79 Å². The minimum absolute atomic E-state index is 0.0230. The third-order valence-electron chi connectivity index (χ3n) is 7.28. The molecule has 2 aromatic rings. The number of piperazine rings is 1. The third kappa shape index (κ3) is 5.30. The van der Waals surface area contributed by atoms with Gasteiger partial charge in [0.2, 0.25) is 6.29 Å². The molecule has 192 valence electrons. The molecule has 1 aromatic heterocycles. The Hall–Kier alpha value is -3.21. The summed E-state index contributed by atoms with van der Waals surface area (Å²) in [6.07, 6.45) is 1.83. The highest BCUT2D eigenvalue weighted by Gasteiger charge is 2.33. The Labute approximate surface area is 210 Å². The second-order valence-corrected chi connectivity index (χ2v) is 9.52. The topological polar surface area (TPSA) is 116 Å². The fourth-order valence-corrected chi connectivity index (χ4v) is 5.08. The predicted octanol–water partition coefficient (Wildman–Crippen LogP) is 2.12. The van der Waals surface area contributed by atoms with Crippen molar-refractivity contribution >= 4 is 12.0 Å². The Balaban J connectivity index is 1.19. The molecule has 1 aromatic carbocycles.